The van der Waals surface area contributed by atoms with E-state index in [0.717, 1.165) is 18.3 Å². The molecule has 2 heterocycles. The highest BCUT2D eigenvalue weighted by atomic mass is 35.5. The Bertz CT molecular complexity index is 1510. The molecule has 0 aliphatic carbocycles. The lowest BCUT2D eigenvalue weighted by molar-refractivity contribution is -0.253. The number of amides is 1. The quantitative estimate of drug-likeness (QED) is 0.207. The van der Waals surface area contributed by atoms with Crippen LogP contribution in [0.1, 0.15) is 33.0 Å². The number of halogens is 9. The summed E-state index contributed by atoms with van der Waals surface area (Å²) in [6, 6.07) is 13.2. The van der Waals surface area contributed by atoms with Crippen molar-refractivity contribution in [3.05, 3.63) is 112 Å². The van der Waals surface area contributed by atoms with E-state index in [4.69, 9.17) is 11.6 Å². The summed E-state index contributed by atoms with van der Waals surface area (Å²) in [4.78, 5) is 17.5. The summed E-state index contributed by atoms with van der Waals surface area (Å²) < 4.78 is 112. The fourth-order valence-electron chi connectivity index (χ4n) is 3.96. The summed E-state index contributed by atoms with van der Waals surface area (Å²) in [7, 11) is 0. The maximum absolute atomic E-state index is 14.8. The highest BCUT2D eigenvalue weighted by molar-refractivity contribution is 6.30. The maximum Gasteiger partial charge on any atom is 0.461 e. The van der Waals surface area contributed by atoms with Crippen molar-refractivity contribution in [1.29, 1.82) is 0 Å². The number of benzene rings is 2. The number of alkyl halides is 7. The zero-order valence-corrected chi connectivity index (χ0v) is 21.1. The predicted molar refractivity (Wildman–Crippen MR) is 129 cm³/mol. The van der Waals surface area contributed by atoms with Crippen molar-refractivity contribution in [1.82, 2.24) is 20.5 Å². The van der Waals surface area contributed by atoms with Crippen molar-refractivity contribution < 1.29 is 44.7 Å². The molecule has 41 heavy (non-hydrogen) atoms. The van der Waals surface area contributed by atoms with Gasteiger partial charge in [-0.25, -0.2) is 4.39 Å². The van der Waals surface area contributed by atoms with Crippen LogP contribution in [0, 0.1) is 5.82 Å². The van der Waals surface area contributed by atoms with Crippen LogP contribution in [0.4, 0.5) is 35.1 Å². The molecule has 0 fully saturated rings. The maximum atomic E-state index is 14.8. The molecule has 2 aromatic heterocycles. The standard InChI is InChI=1S/C26H17ClF8N4O2/c27-16-6-7-20(36-13-16)24(12-14-4-2-1-3-5-14,37-22(40)19-11-21(39-38-19)25(31,32)33)15-8-17(28)10-18(9-15)41-26(34,35)23(29)30/h1-11,13,23H,12H2,(H,37,40)(H,38,39)/t24-/m0/s1. The van der Waals surface area contributed by atoms with E-state index < -0.39 is 53.1 Å². The molecule has 216 valence electrons. The van der Waals surface area contributed by atoms with Crippen LogP contribution in [-0.4, -0.2) is 33.6 Å². The third-order valence-corrected chi connectivity index (χ3v) is 6.02. The molecule has 0 saturated carbocycles. The summed E-state index contributed by atoms with van der Waals surface area (Å²) in [5.41, 5.74) is -4.00. The predicted octanol–water partition coefficient (Wildman–Crippen LogP) is 6.77. The number of aromatic nitrogens is 3. The molecule has 1 amide bonds. The summed E-state index contributed by atoms with van der Waals surface area (Å²) in [5.74, 6) is -3.44. The number of nitrogens with zero attached hydrogens (tertiary/aromatic N) is 2. The third-order valence-electron chi connectivity index (χ3n) is 5.79. The molecule has 0 unspecified atom stereocenters. The summed E-state index contributed by atoms with van der Waals surface area (Å²) in [5, 5.41) is 7.73. The van der Waals surface area contributed by atoms with Crippen molar-refractivity contribution in [2.24, 2.45) is 0 Å². The van der Waals surface area contributed by atoms with Gasteiger partial charge in [-0.2, -0.15) is 35.8 Å². The van der Waals surface area contributed by atoms with Crippen LogP contribution >= 0.6 is 11.6 Å². The largest absolute Gasteiger partial charge is 0.461 e. The first-order valence-corrected chi connectivity index (χ1v) is 11.8. The van der Waals surface area contributed by atoms with Crippen molar-refractivity contribution in [2.45, 2.75) is 30.7 Å². The van der Waals surface area contributed by atoms with Gasteiger partial charge in [0, 0.05) is 24.8 Å². The Kier molecular flexibility index (Phi) is 8.24. The number of nitrogens with one attached hydrogen (secondary N) is 2. The molecule has 2 aromatic carbocycles. The lowest BCUT2D eigenvalue weighted by Gasteiger charge is -2.35. The fourth-order valence-corrected chi connectivity index (χ4v) is 4.07. The molecule has 6 nitrogen and oxygen atoms in total. The highest BCUT2D eigenvalue weighted by Crippen LogP contribution is 2.38. The zero-order chi connectivity index (χ0) is 30.0. The van der Waals surface area contributed by atoms with Gasteiger partial charge in [0.05, 0.1) is 10.7 Å². The normalized spacial score (nSPS) is 13.6. The smallest absolute Gasteiger partial charge is 0.428 e. The first-order valence-electron chi connectivity index (χ1n) is 11.5. The SMILES string of the molecule is O=C(N[C@@](Cc1ccccc1)(c1cc(F)cc(OC(F)(F)C(F)F)c1)c1ccc(Cl)cn1)c1cc(C(F)(F)F)[nH]n1. The molecule has 0 radical (unpaired) electrons. The number of aromatic amines is 1. The van der Waals surface area contributed by atoms with Gasteiger partial charge in [0.25, 0.3) is 5.91 Å². The molecule has 0 aliphatic heterocycles. The number of hydrogen-bond donors (Lipinski definition) is 2. The van der Waals surface area contributed by atoms with E-state index in [2.05, 4.69) is 20.1 Å². The molecule has 0 saturated heterocycles. The molecular formula is C26H17ClF8N4O2. The Morgan fingerprint density at radius 3 is 2.29 bits per heavy atom. The molecule has 4 aromatic rings. The second-order valence-electron chi connectivity index (χ2n) is 8.69. The fraction of sp³-hybridized carbons (Fsp3) is 0.192. The first kappa shape index (κ1) is 29.8. The molecule has 1 atom stereocenters. The molecular weight excluding hydrogens is 588 g/mol. The van der Waals surface area contributed by atoms with E-state index in [1.165, 1.54) is 12.1 Å². The highest BCUT2D eigenvalue weighted by Gasteiger charge is 2.45. The Morgan fingerprint density at radius 2 is 1.71 bits per heavy atom. The lowest BCUT2D eigenvalue weighted by atomic mass is 9.80. The number of ether oxygens (including phenoxy) is 1. The summed E-state index contributed by atoms with van der Waals surface area (Å²) >= 11 is 5.96. The van der Waals surface area contributed by atoms with Gasteiger partial charge < -0.3 is 10.1 Å². The minimum absolute atomic E-state index is 0.0668. The number of hydrogen-bond acceptors (Lipinski definition) is 4. The molecule has 15 heteroatoms. The Morgan fingerprint density at radius 1 is 1.00 bits per heavy atom. The van der Waals surface area contributed by atoms with Gasteiger partial charge in [0.1, 0.15) is 22.8 Å². The lowest BCUT2D eigenvalue weighted by Crippen LogP contribution is -2.49. The van der Waals surface area contributed by atoms with Gasteiger partial charge in [-0.1, -0.05) is 41.9 Å². The van der Waals surface area contributed by atoms with Crippen molar-refractivity contribution in [3.63, 3.8) is 0 Å². The number of pyridine rings is 1. The van der Waals surface area contributed by atoms with Crippen LogP contribution in [0.25, 0.3) is 0 Å². The average molecular weight is 605 g/mol. The third kappa shape index (κ3) is 6.76. The Labute approximate surface area is 231 Å². The molecule has 2 N–H and O–H groups in total. The first-order chi connectivity index (χ1) is 19.2. The monoisotopic (exact) mass is 604 g/mol. The van der Waals surface area contributed by atoms with Gasteiger partial charge in [0.15, 0.2) is 5.69 Å². The van der Waals surface area contributed by atoms with Crippen LogP contribution in [0.5, 0.6) is 5.75 Å². The average Bonchev–Trinajstić information content (AvgIpc) is 3.40. The summed E-state index contributed by atoms with van der Waals surface area (Å²) in [6.07, 6.45) is -13.3. The summed E-state index contributed by atoms with van der Waals surface area (Å²) in [6.45, 7) is 0. The van der Waals surface area contributed by atoms with Gasteiger partial charge in [0.2, 0.25) is 0 Å². The van der Waals surface area contributed by atoms with Crippen LogP contribution < -0.4 is 10.1 Å². The minimum atomic E-state index is -5.00. The number of carbonyl (C=O) groups excluding carboxylic acids is 1. The van der Waals surface area contributed by atoms with Crippen LogP contribution in [-0.2, 0) is 18.1 Å². The van der Waals surface area contributed by atoms with Crippen molar-refractivity contribution >= 4 is 17.5 Å². The van der Waals surface area contributed by atoms with E-state index in [9.17, 15) is 39.9 Å². The molecule has 0 aliphatic rings. The van der Waals surface area contributed by atoms with Crippen molar-refractivity contribution in [3.8, 4) is 5.75 Å². The second kappa shape index (κ2) is 11.4. The number of rotatable bonds is 9. The van der Waals surface area contributed by atoms with E-state index in [-0.39, 0.29) is 22.7 Å². The van der Waals surface area contributed by atoms with E-state index in [1.807, 2.05) is 0 Å². The van der Waals surface area contributed by atoms with E-state index in [0.29, 0.717) is 17.7 Å². The Balaban J connectivity index is 1.92. The molecule has 4 rings (SSSR count). The topological polar surface area (TPSA) is 79.9 Å². The number of carbonyl (C=O) groups is 1. The van der Waals surface area contributed by atoms with Crippen LogP contribution in [0.15, 0.2) is 72.9 Å². The molecule has 0 spiro atoms. The van der Waals surface area contributed by atoms with Gasteiger partial charge in [-0.15, -0.1) is 0 Å². The van der Waals surface area contributed by atoms with Gasteiger partial charge >= 0.3 is 18.7 Å². The van der Waals surface area contributed by atoms with Crippen molar-refractivity contribution in [2.75, 3.05) is 0 Å². The van der Waals surface area contributed by atoms with E-state index >= 15 is 0 Å². The zero-order valence-electron chi connectivity index (χ0n) is 20.3. The number of H-pyrrole nitrogens is 1. The van der Waals surface area contributed by atoms with E-state index in [1.54, 1.807) is 35.4 Å². The second-order valence-corrected chi connectivity index (χ2v) is 9.12. The van der Waals surface area contributed by atoms with Crippen LogP contribution in [0.3, 0.4) is 0 Å². The Hall–Kier alpha value is -4.20. The van der Waals surface area contributed by atoms with Gasteiger partial charge in [-0.05, 0) is 35.4 Å². The van der Waals surface area contributed by atoms with Crippen LogP contribution in [0.2, 0.25) is 5.02 Å². The molecule has 0 bridgehead atoms. The van der Waals surface area contributed by atoms with Gasteiger partial charge in [-0.3, -0.25) is 14.9 Å². The minimum Gasteiger partial charge on any atom is -0.428 e.